The van der Waals surface area contributed by atoms with E-state index in [4.69, 9.17) is 4.74 Å². The van der Waals surface area contributed by atoms with E-state index in [9.17, 15) is 8.42 Å². The van der Waals surface area contributed by atoms with Crippen molar-refractivity contribution in [2.75, 3.05) is 52.5 Å². The lowest BCUT2D eigenvalue weighted by atomic mass is 9.75. The van der Waals surface area contributed by atoms with Crippen molar-refractivity contribution in [2.45, 2.75) is 30.7 Å². The molecule has 4 atom stereocenters. The summed E-state index contributed by atoms with van der Waals surface area (Å²) in [5.74, 6) is 1.42. The van der Waals surface area contributed by atoms with Gasteiger partial charge >= 0.3 is 0 Å². The molecule has 5 rings (SSSR count). The number of nitrogens with one attached hydrogen (secondary N) is 1. The molecule has 4 heterocycles. The van der Waals surface area contributed by atoms with Crippen LogP contribution in [0.5, 0.6) is 0 Å². The molecule has 0 spiro atoms. The number of sulfonamides is 1. The smallest absolute Gasteiger partial charge is 0.240 e. The van der Waals surface area contributed by atoms with E-state index in [1.165, 1.54) is 6.42 Å². The van der Waals surface area contributed by atoms with E-state index in [0.29, 0.717) is 29.3 Å². The highest BCUT2D eigenvalue weighted by Crippen LogP contribution is 2.36. The van der Waals surface area contributed by atoms with Crippen molar-refractivity contribution < 1.29 is 13.2 Å². The molecule has 2 bridgehead atoms. The van der Waals surface area contributed by atoms with Crippen molar-refractivity contribution in [3.63, 3.8) is 0 Å². The molecule has 0 radical (unpaired) electrons. The first-order valence-electron chi connectivity index (χ1n) is 10.1. The average molecular weight is 394 g/mol. The van der Waals surface area contributed by atoms with Crippen LogP contribution in [0.25, 0.3) is 0 Å². The number of fused-ring (bicyclic) bond motifs is 3. The zero-order valence-corrected chi connectivity index (χ0v) is 17.0. The molecule has 6 nitrogen and oxygen atoms in total. The number of hydrogen-bond donors (Lipinski definition) is 1. The second kappa shape index (κ2) is 8.17. The summed E-state index contributed by atoms with van der Waals surface area (Å²) < 4.78 is 33.4. The highest BCUT2D eigenvalue weighted by molar-refractivity contribution is 7.89. The Bertz CT molecular complexity index is 731. The highest BCUT2D eigenvalue weighted by atomic mass is 32.2. The van der Waals surface area contributed by atoms with Gasteiger partial charge in [0.15, 0.2) is 0 Å². The zero-order valence-electron chi connectivity index (χ0n) is 16.1. The van der Waals surface area contributed by atoms with Crippen molar-refractivity contribution in [1.82, 2.24) is 14.5 Å². The minimum absolute atomic E-state index is 0.324. The molecule has 4 fully saturated rings. The van der Waals surface area contributed by atoms with E-state index < -0.39 is 10.0 Å². The Balaban J connectivity index is 1.32. The van der Waals surface area contributed by atoms with Crippen LogP contribution in [-0.2, 0) is 14.8 Å². The molecule has 0 saturated carbocycles. The van der Waals surface area contributed by atoms with Crippen LogP contribution in [0.15, 0.2) is 29.2 Å². The van der Waals surface area contributed by atoms with Gasteiger partial charge in [0.25, 0.3) is 0 Å². The minimum Gasteiger partial charge on any atom is -0.379 e. The van der Waals surface area contributed by atoms with Crippen molar-refractivity contribution in [2.24, 2.45) is 11.8 Å². The first-order chi connectivity index (χ1) is 13.0. The maximum Gasteiger partial charge on any atom is 0.240 e. The lowest BCUT2D eigenvalue weighted by molar-refractivity contribution is -0.0285. The van der Waals surface area contributed by atoms with Crippen LogP contribution in [0.3, 0.4) is 0 Å². The van der Waals surface area contributed by atoms with Gasteiger partial charge in [-0.25, -0.2) is 13.1 Å². The summed E-state index contributed by atoms with van der Waals surface area (Å²) in [6, 6.07) is 7.38. The SMILES string of the molecule is Cc1ccc(S(=O)(=O)NC[C@H]2C[C@@H]3CCN2C[C@@H]3CN2CCOCC2)cc1. The molecule has 150 valence electrons. The number of aryl methyl sites for hydroxylation is 1. The fourth-order valence-corrected chi connectivity index (χ4v) is 5.86. The third-order valence-corrected chi connectivity index (χ3v) is 7.89. The molecule has 0 aliphatic carbocycles. The molecule has 4 aliphatic rings. The fraction of sp³-hybridized carbons (Fsp3) is 0.700. The van der Waals surface area contributed by atoms with Crippen LogP contribution in [0, 0.1) is 18.8 Å². The number of piperidine rings is 3. The number of ether oxygens (including phenoxy) is 1. The summed E-state index contributed by atoms with van der Waals surface area (Å²) >= 11 is 0. The van der Waals surface area contributed by atoms with Gasteiger partial charge in [-0.2, -0.15) is 0 Å². The number of benzene rings is 1. The normalized spacial score (nSPS) is 31.9. The second-order valence-corrected chi connectivity index (χ2v) is 10.0. The largest absolute Gasteiger partial charge is 0.379 e. The zero-order chi connectivity index (χ0) is 18.9. The Labute approximate surface area is 162 Å². The Kier molecular flexibility index (Phi) is 5.85. The lowest BCUT2D eigenvalue weighted by Gasteiger charge is -2.51. The number of rotatable bonds is 6. The molecule has 1 aromatic carbocycles. The predicted octanol–water partition coefficient (Wildman–Crippen LogP) is 1.32. The maximum absolute atomic E-state index is 12.6. The van der Waals surface area contributed by atoms with E-state index in [1.54, 1.807) is 12.1 Å². The highest BCUT2D eigenvalue weighted by Gasteiger charge is 2.40. The fourth-order valence-electron chi connectivity index (χ4n) is 4.79. The van der Waals surface area contributed by atoms with Crippen LogP contribution >= 0.6 is 0 Å². The molecule has 1 unspecified atom stereocenters. The van der Waals surface area contributed by atoms with Crippen LogP contribution in [0.1, 0.15) is 18.4 Å². The summed E-state index contributed by atoms with van der Waals surface area (Å²) in [7, 11) is -3.43. The van der Waals surface area contributed by atoms with E-state index in [2.05, 4.69) is 14.5 Å². The molecule has 0 amide bonds. The maximum atomic E-state index is 12.6. The molecule has 7 heteroatoms. The molecule has 4 saturated heterocycles. The second-order valence-electron chi connectivity index (χ2n) is 8.27. The van der Waals surface area contributed by atoms with Crippen molar-refractivity contribution in [3.8, 4) is 0 Å². The molecule has 0 aromatic heterocycles. The van der Waals surface area contributed by atoms with Crippen LogP contribution in [-0.4, -0.2) is 76.7 Å². The van der Waals surface area contributed by atoms with Gasteiger partial charge in [0.05, 0.1) is 18.1 Å². The number of hydrogen-bond acceptors (Lipinski definition) is 5. The van der Waals surface area contributed by atoms with Crippen LogP contribution < -0.4 is 4.72 Å². The molecule has 4 aliphatic heterocycles. The average Bonchev–Trinajstić information content (AvgIpc) is 2.68. The third-order valence-electron chi connectivity index (χ3n) is 6.45. The molecule has 1 N–H and O–H groups in total. The van der Waals surface area contributed by atoms with Gasteiger partial charge in [0.2, 0.25) is 10.0 Å². The van der Waals surface area contributed by atoms with Gasteiger partial charge in [-0.3, -0.25) is 9.80 Å². The summed E-state index contributed by atoms with van der Waals surface area (Å²) in [5, 5.41) is 0. The molecule has 1 aromatic rings. The van der Waals surface area contributed by atoms with Gasteiger partial charge in [0, 0.05) is 38.8 Å². The van der Waals surface area contributed by atoms with E-state index >= 15 is 0 Å². The van der Waals surface area contributed by atoms with Crippen molar-refractivity contribution >= 4 is 10.0 Å². The monoisotopic (exact) mass is 393 g/mol. The molecular formula is C20H31N3O3S. The van der Waals surface area contributed by atoms with Gasteiger partial charge in [-0.05, 0) is 50.3 Å². The predicted molar refractivity (Wildman–Crippen MR) is 105 cm³/mol. The Morgan fingerprint density at radius 1 is 1.15 bits per heavy atom. The lowest BCUT2D eigenvalue weighted by Crippen LogP contribution is -2.58. The Hall–Kier alpha value is -0.990. The number of nitrogens with zero attached hydrogens (tertiary/aromatic N) is 2. The third kappa shape index (κ3) is 4.54. The van der Waals surface area contributed by atoms with Gasteiger partial charge in [0.1, 0.15) is 0 Å². The van der Waals surface area contributed by atoms with Gasteiger partial charge < -0.3 is 4.74 Å². The number of morpholine rings is 1. The Morgan fingerprint density at radius 3 is 2.56 bits per heavy atom. The topological polar surface area (TPSA) is 61.9 Å². The van der Waals surface area contributed by atoms with Gasteiger partial charge in [-0.1, -0.05) is 17.7 Å². The van der Waals surface area contributed by atoms with E-state index in [1.807, 2.05) is 19.1 Å². The van der Waals surface area contributed by atoms with Crippen LogP contribution in [0.4, 0.5) is 0 Å². The minimum atomic E-state index is -3.43. The van der Waals surface area contributed by atoms with E-state index in [-0.39, 0.29) is 0 Å². The van der Waals surface area contributed by atoms with Crippen LogP contribution in [0.2, 0.25) is 0 Å². The standard InChI is InChI=1S/C20H31N3O3S/c1-16-2-4-20(5-3-16)27(24,25)21-13-19-12-17-6-7-23(19)15-18(17)14-22-8-10-26-11-9-22/h2-5,17-19,21H,6-15H2,1H3/t17-,18-,19+/m0/s1. The molecule has 27 heavy (non-hydrogen) atoms. The quantitative estimate of drug-likeness (QED) is 0.790. The summed E-state index contributed by atoms with van der Waals surface area (Å²) in [5.41, 5.74) is 1.07. The van der Waals surface area contributed by atoms with Gasteiger partial charge in [-0.15, -0.1) is 0 Å². The first kappa shape index (κ1) is 19.3. The summed E-state index contributed by atoms with van der Waals surface area (Å²) in [4.78, 5) is 5.39. The van der Waals surface area contributed by atoms with E-state index in [0.717, 1.165) is 57.9 Å². The molecular weight excluding hydrogens is 362 g/mol. The summed E-state index contributed by atoms with van der Waals surface area (Å²) in [6.07, 6.45) is 2.35. The Morgan fingerprint density at radius 2 is 1.89 bits per heavy atom. The first-order valence-corrected chi connectivity index (χ1v) is 11.6. The van der Waals surface area contributed by atoms with Crippen molar-refractivity contribution in [3.05, 3.63) is 29.8 Å². The van der Waals surface area contributed by atoms with Crippen molar-refractivity contribution in [1.29, 1.82) is 0 Å². The summed E-state index contributed by atoms with van der Waals surface area (Å²) in [6.45, 7) is 9.62.